The van der Waals surface area contributed by atoms with Gasteiger partial charge < -0.3 is 5.32 Å². The van der Waals surface area contributed by atoms with Gasteiger partial charge in [0.15, 0.2) is 0 Å². The molecule has 0 aromatic heterocycles. The maximum Gasteiger partial charge on any atom is 0.0535 e. The van der Waals surface area contributed by atoms with Gasteiger partial charge in [0.05, 0.1) is 6.04 Å². The molecule has 1 nitrogen and oxygen atoms in total. The predicted octanol–water partition coefficient (Wildman–Crippen LogP) is 4.44. The Morgan fingerprint density at radius 1 is 1.24 bits per heavy atom. The summed E-state index contributed by atoms with van der Waals surface area (Å²) in [5.41, 5.74) is 2.99. The molecular weight excluding hydrogens is 321 g/mol. The first kappa shape index (κ1) is 13.1. The first-order valence-corrected chi connectivity index (χ1v) is 7.57. The van der Waals surface area contributed by atoms with Crippen LogP contribution in [0.1, 0.15) is 44.2 Å². The van der Waals surface area contributed by atoms with Crippen LogP contribution in [0.3, 0.4) is 0 Å². The van der Waals surface area contributed by atoms with Gasteiger partial charge in [0.2, 0.25) is 0 Å². The number of allylic oxidation sites excluding steroid dienone is 1. The molecule has 1 aromatic carbocycles. The van der Waals surface area contributed by atoms with E-state index >= 15 is 0 Å². The number of rotatable bonds is 4. The molecule has 2 rings (SSSR count). The van der Waals surface area contributed by atoms with E-state index < -0.39 is 0 Å². The van der Waals surface area contributed by atoms with Crippen molar-refractivity contribution >= 4 is 22.6 Å². The summed E-state index contributed by atoms with van der Waals surface area (Å²) >= 11 is 2.36. The van der Waals surface area contributed by atoms with Crippen molar-refractivity contribution in [3.63, 3.8) is 0 Å². The molecule has 0 spiro atoms. The highest BCUT2D eigenvalue weighted by Crippen LogP contribution is 2.30. The van der Waals surface area contributed by atoms with Crippen molar-refractivity contribution in [1.29, 1.82) is 0 Å². The van der Waals surface area contributed by atoms with E-state index in [1.54, 1.807) is 5.57 Å². The summed E-state index contributed by atoms with van der Waals surface area (Å²) in [6.07, 6.45) is 7.65. The Morgan fingerprint density at radius 3 is 2.59 bits per heavy atom. The summed E-state index contributed by atoms with van der Waals surface area (Å²) in [5, 5.41) is 3.62. The molecule has 0 radical (unpaired) electrons. The molecule has 0 saturated carbocycles. The fraction of sp³-hybridized carbons (Fsp3) is 0.467. The van der Waals surface area contributed by atoms with Crippen LogP contribution >= 0.6 is 22.6 Å². The van der Waals surface area contributed by atoms with Crippen LogP contribution in [0, 0.1) is 3.57 Å². The lowest BCUT2D eigenvalue weighted by Gasteiger charge is -2.24. The second-order valence-corrected chi connectivity index (χ2v) is 5.81. The van der Waals surface area contributed by atoms with Crippen LogP contribution in [0.5, 0.6) is 0 Å². The van der Waals surface area contributed by atoms with E-state index in [1.165, 1.54) is 34.8 Å². The van der Waals surface area contributed by atoms with E-state index in [-0.39, 0.29) is 0 Å². The van der Waals surface area contributed by atoms with Gasteiger partial charge in [-0.15, -0.1) is 0 Å². The second kappa shape index (κ2) is 6.55. The van der Waals surface area contributed by atoms with Crippen molar-refractivity contribution in [2.24, 2.45) is 0 Å². The van der Waals surface area contributed by atoms with E-state index in [4.69, 9.17) is 0 Å². The highest BCUT2D eigenvalue weighted by atomic mass is 127. The lowest BCUT2D eigenvalue weighted by molar-refractivity contribution is 0.564. The number of hydrogen-bond donors (Lipinski definition) is 1. The fourth-order valence-corrected chi connectivity index (χ4v) is 2.81. The Balaban J connectivity index is 2.21. The van der Waals surface area contributed by atoms with E-state index in [0.717, 1.165) is 6.54 Å². The highest BCUT2D eigenvalue weighted by Gasteiger charge is 2.16. The number of halogens is 1. The third-order valence-electron chi connectivity index (χ3n) is 3.31. The standard InChI is InChI=1S/C15H20IN/c1-2-17-15(12-6-4-3-5-7-12)13-8-10-14(16)11-9-13/h6,8-11,15,17H,2-5,7H2,1H3. The van der Waals surface area contributed by atoms with Gasteiger partial charge in [0, 0.05) is 3.57 Å². The molecule has 0 heterocycles. The SMILES string of the molecule is CCNC(C1=CCCCC1)c1ccc(I)cc1. The van der Waals surface area contributed by atoms with Crippen molar-refractivity contribution in [3.8, 4) is 0 Å². The van der Waals surface area contributed by atoms with E-state index in [1.807, 2.05) is 0 Å². The predicted molar refractivity (Wildman–Crippen MR) is 82.1 cm³/mol. The van der Waals surface area contributed by atoms with Crippen LogP contribution in [-0.4, -0.2) is 6.54 Å². The normalized spacial score (nSPS) is 17.6. The van der Waals surface area contributed by atoms with Crippen molar-refractivity contribution in [3.05, 3.63) is 45.0 Å². The van der Waals surface area contributed by atoms with Gasteiger partial charge in [-0.2, -0.15) is 0 Å². The molecule has 1 atom stereocenters. The number of likely N-dealkylation sites (N-methyl/N-ethyl adjacent to an activating group) is 1. The molecule has 0 fully saturated rings. The van der Waals surface area contributed by atoms with Gasteiger partial charge in [0.1, 0.15) is 0 Å². The molecule has 1 aliphatic carbocycles. The summed E-state index contributed by atoms with van der Waals surface area (Å²) in [7, 11) is 0. The highest BCUT2D eigenvalue weighted by molar-refractivity contribution is 14.1. The average Bonchev–Trinajstić information content (AvgIpc) is 2.38. The summed E-state index contributed by atoms with van der Waals surface area (Å²) < 4.78 is 1.30. The molecule has 1 aromatic rings. The molecule has 17 heavy (non-hydrogen) atoms. The Hall–Kier alpha value is -0.350. The summed E-state index contributed by atoms with van der Waals surface area (Å²) in [6, 6.07) is 9.33. The first-order valence-electron chi connectivity index (χ1n) is 6.49. The van der Waals surface area contributed by atoms with Crippen molar-refractivity contribution in [2.45, 2.75) is 38.6 Å². The lowest BCUT2D eigenvalue weighted by atomic mass is 9.90. The molecule has 0 saturated heterocycles. The number of benzene rings is 1. The van der Waals surface area contributed by atoms with E-state index in [9.17, 15) is 0 Å². The number of hydrogen-bond acceptors (Lipinski definition) is 1. The van der Waals surface area contributed by atoms with Crippen molar-refractivity contribution in [1.82, 2.24) is 5.32 Å². The molecule has 2 heteroatoms. The fourth-order valence-electron chi connectivity index (χ4n) is 2.45. The van der Waals surface area contributed by atoms with Gasteiger partial charge in [-0.05, 0) is 72.5 Å². The summed E-state index contributed by atoms with van der Waals surface area (Å²) in [6.45, 7) is 3.21. The minimum absolute atomic E-state index is 0.428. The van der Waals surface area contributed by atoms with Gasteiger partial charge in [-0.25, -0.2) is 0 Å². The molecular formula is C15H20IN. The quantitative estimate of drug-likeness (QED) is 0.631. The molecule has 0 amide bonds. The van der Waals surface area contributed by atoms with E-state index in [0.29, 0.717) is 6.04 Å². The van der Waals surface area contributed by atoms with Crippen LogP contribution in [0.2, 0.25) is 0 Å². The third kappa shape index (κ3) is 3.55. The molecule has 0 bridgehead atoms. The van der Waals surface area contributed by atoms with Crippen LogP contribution < -0.4 is 5.32 Å². The maximum atomic E-state index is 3.62. The Kier molecular flexibility index (Phi) is 5.04. The minimum atomic E-state index is 0.428. The zero-order valence-corrected chi connectivity index (χ0v) is 12.5. The van der Waals surface area contributed by atoms with Crippen LogP contribution in [-0.2, 0) is 0 Å². The monoisotopic (exact) mass is 341 g/mol. The molecule has 1 aliphatic rings. The first-order chi connectivity index (χ1) is 8.31. The van der Waals surface area contributed by atoms with E-state index in [2.05, 4.69) is 65.2 Å². The Labute approximate surface area is 118 Å². The largest absolute Gasteiger partial charge is 0.307 e. The minimum Gasteiger partial charge on any atom is -0.307 e. The van der Waals surface area contributed by atoms with Crippen LogP contribution in [0.25, 0.3) is 0 Å². The summed E-state index contributed by atoms with van der Waals surface area (Å²) in [5.74, 6) is 0. The molecule has 92 valence electrons. The Bertz CT molecular complexity index is 380. The maximum absolute atomic E-state index is 3.62. The van der Waals surface area contributed by atoms with Crippen molar-refractivity contribution in [2.75, 3.05) is 6.54 Å². The van der Waals surface area contributed by atoms with Gasteiger partial charge in [0.25, 0.3) is 0 Å². The third-order valence-corrected chi connectivity index (χ3v) is 4.03. The molecule has 0 aliphatic heterocycles. The topological polar surface area (TPSA) is 12.0 Å². The van der Waals surface area contributed by atoms with Crippen molar-refractivity contribution < 1.29 is 0 Å². The average molecular weight is 341 g/mol. The molecule has 1 unspecified atom stereocenters. The van der Waals surface area contributed by atoms with Gasteiger partial charge >= 0.3 is 0 Å². The Morgan fingerprint density at radius 2 is 2.00 bits per heavy atom. The lowest BCUT2D eigenvalue weighted by Crippen LogP contribution is -2.23. The van der Waals surface area contributed by atoms with Gasteiger partial charge in [-0.3, -0.25) is 0 Å². The second-order valence-electron chi connectivity index (χ2n) is 4.57. The zero-order valence-electron chi connectivity index (χ0n) is 10.4. The number of nitrogens with one attached hydrogen (secondary N) is 1. The van der Waals surface area contributed by atoms with Crippen LogP contribution in [0.15, 0.2) is 35.9 Å². The van der Waals surface area contributed by atoms with Gasteiger partial charge in [-0.1, -0.05) is 30.7 Å². The molecule has 1 N–H and O–H groups in total. The smallest absolute Gasteiger partial charge is 0.0535 e. The van der Waals surface area contributed by atoms with Crippen LogP contribution in [0.4, 0.5) is 0 Å². The summed E-state index contributed by atoms with van der Waals surface area (Å²) in [4.78, 5) is 0. The zero-order chi connectivity index (χ0) is 12.1.